The average molecular weight is 291 g/mol. The summed E-state index contributed by atoms with van der Waals surface area (Å²) in [4.78, 5) is 22.0. The second-order valence-electron chi connectivity index (χ2n) is 4.33. The Labute approximate surface area is 119 Å². The third-order valence-corrected chi connectivity index (χ3v) is 2.59. The molecule has 1 aromatic carbocycles. The van der Waals surface area contributed by atoms with E-state index in [0.717, 1.165) is 0 Å². The molecule has 0 aliphatic carbocycles. The van der Waals surface area contributed by atoms with Gasteiger partial charge in [-0.2, -0.15) is 0 Å². The predicted molar refractivity (Wildman–Crippen MR) is 73.1 cm³/mol. The van der Waals surface area contributed by atoms with Gasteiger partial charge in [0.05, 0.1) is 11.0 Å². The Morgan fingerprint density at radius 3 is 2.86 bits per heavy atom. The van der Waals surface area contributed by atoms with Crippen molar-refractivity contribution < 1.29 is 19.0 Å². The van der Waals surface area contributed by atoms with Crippen molar-refractivity contribution in [2.75, 3.05) is 5.32 Å². The van der Waals surface area contributed by atoms with Gasteiger partial charge in [-0.1, -0.05) is 11.2 Å². The molecule has 0 saturated carbocycles. The number of nitro benzene ring substituents is 1. The molecule has 0 saturated heterocycles. The van der Waals surface area contributed by atoms with Crippen LogP contribution in [0.5, 0.6) is 5.75 Å². The number of hydrogen-bond acceptors (Lipinski definition) is 6. The molecule has 0 spiro atoms. The number of rotatable bonds is 5. The van der Waals surface area contributed by atoms with Crippen LogP contribution in [0.1, 0.15) is 12.7 Å². The first kappa shape index (κ1) is 14.5. The van der Waals surface area contributed by atoms with Crippen LogP contribution in [-0.2, 0) is 4.79 Å². The largest absolute Gasteiger partial charge is 0.481 e. The molecule has 1 amide bonds. The molecule has 1 atom stereocenters. The minimum Gasteiger partial charge on any atom is -0.481 e. The highest BCUT2D eigenvalue weighted by Crippen LogP contribution is 2.20. The standard InChI is InChI=1S/C13H13N3O5/c1-8-6-12(15-21-8)14-13(17)9(2)20-11-5-3-4-10(7-11)16(18)19/h3-7,9H,1-2H3,(H,14,15,17)/t9-/m0/s1. The Hall–Kier alpha value is -2.90. The lowest BCUT2D eigenvalue weighted by Crippen LogP contribution is -2.30. The lowest BCUT2D eigenvalue weighted by molar-refractivity contribution is -0.384. The molecule has 21 heavy (non-hydrogen) atoms. The van der Waals surface area contributed by atoms with E-state index in [1.54, 1.807) is 13.0 Å². The topological polar surface area (TPSA) is 108 Å². The van der Waals surface area contributed by atoms with Crippen LogP contribution in [0, 0.1) is 17.0 Å². The quantitative estimate of drug-likeness (QED) is 0.669. The monoisotopic (exact) mass is 291 g/mol. The molecule has 0 aliphatic heterocycles. The molecule has 8 heteroatoms. The van der Waals surface area contributed by atoms with Gasteiger partial charge in [0.25, 0.3) is 11.6 Å². The molecule has 2 rings (SSSR count). The van der Waals surface area contributed by atoms with Gasteiger partial charge >= 0.3 is 0 Å². The Kier molecular flexibility index (Phi) is 4.17. The van der Waals surface area contributed by atoms with Crippen molar-refractivity contribution in [1.82, 2.24) is 5.16 Å². The number of amides is 1. The third kappa shape index (κ3) is 3.78. The zero-order valence-corrected chi connectivity index (χ0v) is 11.4. The summed E-state index contributed by atoms with van der Waals surface area (Å²) in [7, 11) is 0. The molecule has 0 bridgehead atoms. The maximum Gasteiger partial charge on any atom is 0.273 e. The van der Waals surface area contributed by atoms with E-state index in [0.29, 0.717) is 5.76 Å². The van der Waals surface area contributed by atoms with Crippen LogP contribution < -0.4 is 10.1 Å². The number of anilines is 1. The number of hydrogen-bond donors (Lipinski definition) is 1. The van der Waals surface area contributed by atoms with Gasteiger partial charge in [-0.15, -0.1) is 0 Å². The van der Waals surface area contributed by atoms with Crippen molar-refractivity contribution in [2.45, 2.75) is 20.0 Å². The molecule has 0 fully saturated rings. The minimum absolute atomic E-state index is 0.104. The fourth-order valence-corrected chi connectivity index (χ4v) is 1.58. The summed E-state index contributed by atoms with van der Waals surface area (Å²) in [5.74, 6) is 0.655. The van der Waals surface area contributed by atoms with Crippen molar-refractivity contribution in [3.63, 3.8) is 0 Å². The lowest BCUT2D eigenvalue weighted by atomic mass is 10.3. The average Bonchev–Trinajstić information content (AvgIpc) is 2.84. The number of aromatic nitrogens is 1. The van der Waals surface area contributed by atoms with E-state index in [-0.39, 0.29) is 17.3 Å². The van der Waals surface area contributed by atoms with E-state index in [9.17, 15) is 14.9 Å². The van der Waals surface area contributed by atoms with E-state index >= 15 is 0 Å². The molecular formula is C13H13N3O5. The van der Waals surface area contributed by atoms with E-state index in [2.05, 4.69) is 10.5 Å². The lowest BCUT2D eigenvalue weighted by Gasteiger charge is -2.13. The van der Waals surface area contributed by atoms with Crippen molar-refractivity contribution in [2.24, 2.45) is 0 Å². The Balaban J connectivity index is 2.00. The van der Waals surface area contributed by atoms with Crippen LogP contribution in [0.25, 0.3) is 0 Å². The summed E-state index contributed by atoms with van der Waals surface area (Å²) >= 11 is 0. The Morgan fingerprint density at radius 2 is 2.24 bits per heavy atom. The van der Waals surface area contributed by atoms with Crippen LogP contribution in [0.3, 0.4) is 0 Å². The third-order valence-electron chi connectivity index (χ3n) is 2.59. The Bertz CT molecular complexity index is 667. The molecule has 1 N–H and O–H groups in total. The number of non-ortho nitro benzene ring substituents is 1. The summed E-state index contributed by atoms with van der Waals surface area (Å²) in [6.07, 6.45) is -0.844. The zero-order chi connectivity index (χ0) is 15.4. The van der Waals surface area contributed by atoms with E-state index < -0.39 is 16.9 Å². The van der Waals surface area contributed by atoms with Crippen LogP contribution >= 0.6 is 0 Å². The molecule has 0 aliphatic rings. The SMILES string of the molecule is Cc1cc(NC(=O)[C@H](C)Oc2cccc([N+](=O)[O-])c2)no1. The highest BCUT2D eigenvalue weighted by molar-refractivity contribution is 5.93. The minimum atomic E-state index is -0.844. The van der Waals surface area contributed by atoms with E-state index in [1.807, 2.05) is 0 Å². The van der Waals surface area contributed by atoms with Crippen LogP contribution in [-0.4, -0.2) is 22.1 Å². The highest BCUT2D eigenvalue weighted by Gasteiger charge is 2.17. The van der Waals surface area contributed by atoms with Crippen molar-refractivity contribution in [3.8, 4) is 5.75 Å². The number of nitro groups is 1. The molecule has 8 nitrogen and oxygen atoms in total. The second kappa shape index (κ2) is 6.04. The fourth-order valence-electron chi connectivity index (χ4n) is 1.58. The number of ether oxygens (including phenoxy) is 1. The normalized spacial score (nSPS) is 11.7. The van der Waals surface area contributed by atoms with Gasteiger partial charge in [-0.05, 0) is 19.9 Å². The highest BCUT2D eigenvalue weighted by atomic mass is 16.6. The van der Waals surface area contributed by atoms with Gasteiger partial charge in [0, 0.05) is 12.1 Å². The second-order valence-corrected chi connectivity index (χ2v) is 4.33. The van der Waals surface area contributed by atoms with Gasteiger partial charge in [-0.3, -0.25) is 14.9 Å². The first-order valence-corrected chi connectivity index (χ1v) is 6.11. The maximum atomic E-state index is 11.9. The van der Waals surface area contributed by atoms with Gasteiger partial charge < -0.3 is 14.6 Å². The predicted octanol–water partition coefficient (Wildman–Crippen LogP) is 2.30. The number of carbonyl (C=O) groups excluding carboxylic acids is 1. The van der Waals surface area contributed by atoms with Crippen molar-refractivity contribution in [3.05, 3.63) is 46.2 Å². The first-order valence-electron chi connectivity index (χ1n) is 6.11. The first-order chi connectivity index (χ1) is 9.95. The van der Waals surface area contributed by atoms with E-state index in [1.165, 1.54) is 31.2 Å². The van der Waals surface area contributed by atoms with Crippen molar-refractivity contribution in [1.29, 1.82) is 0 Å². The van der Waals surface area contributed by atoms with E-state index in [4.69, 9.17) is 9.26 Å². The molecule has 110 valence electrons. The molecule has 1 heterocycles. The number of nitrogens with one attached hydrogen (secondary N) is 1. The van der Waals surface area contributed by atoms with Crippen LogP contribution in [0.2, 0.25) is 0 Å². The van der Waals surface area contributed by atoms with Gasteiger partial charge in [0.1, 0.15) is 11.5 Å². The molecule has 0 radical (unpaired) electrons. The van der Waals surface area contributed by atoms with Gasteiger partial charge in [-0.25, -0.2) is 0 Å². The smallest absolute Gasteiger partial charge is 0.273 e. The van der Waals surface area contributed by atoms with Gasteiger partial charge in [0.2, 0.25) is 0 Å². The van der Waals surface area contributed by atoms with Crippen LogP contribution in [0.15, 0.2) is 34.9 Å². The molecule has 1 aromatic heterocycles. The number of carbonyl (C=O) groups is 1. The summed E-state index contributed by atoms with van der Waals surface area (Å²) in [5.41, 5.74) is -0.104. The Morgan fingerprint density at radius 1 is 1.48 bits per heavy atom. The summed E-state index contributed by atoms with van der Waals surface area (Å²) < 4.78 is 10.2. The summed E-state index contributed by atoms with van der Waals surface area (Å²) in [5, 5.41) is 16.8. The summed E-state index contributed by atoms with van der Waals surface area (Å²) in [6, 6.07) is 7.19. The number of nitrogens with zero attached hydrogens (tertiary/aromatic N) is 2. The van der Waals surface area contributed by atoms with Crippen LogP contribution in [0.4, 0.5) is 11.5 Å². The fraction of sp³-hybridized carbons (Fsp3) is 0.231. The number of aryl methyl sites for hydroxylation is 1. The molecule has 2 aromatic rings. The zero-order valence-electron chi connectivity index (χ0n) is 11.4. The van der Waals surface area contributed by atoms with Gasteiger partial charge in [0.15, 0.2) is 11.9 Å². The van der Waals surface area contributed by atoms with Crippen molar-refractivity contribution >= 4 is 17.4 Å². The number of benzene rings is 1. The summed E-state index contributed by atoms with van der Waals surface area (Å²) in [6.45, 7) is 3.23. The maximum absolute atomic E-state index is 11.9. The molecular weight excluding hydrogens is 278 g/mol. The molecule has 0 unspecified atom stereocenters.